The fourth-order valence-corrected chi connectivity index (χ4v) is 5.01. The third-order valence-electron chi connectivity index (χ3n) is 7.00. The third kappa shape index (κ3) is 6.31. The van der Waals surface area contributed by atoms with Gasteiger partial charge in [0.05, 0.1) is 11.6 Å². The van der Waals surface area contributed by atoms with Gasteiger partial charge in [-0.15, -0.1) is 0 Å². The molecule has 0 unspecified atom stereocenters. The van der Waals surface area contributed by atoms with E-state index < -0.39 is 0 Å². The number of fused-ring (bicyclic) bond motifs is 1. The lowest BCUT2D eigenvalue weighted by atomic mass is 9.84. The van der Waals surface area contributed by atoms with Crippen LogP contribution >= 0.6 is 0 Å². The summed E-state index contributed by atoms with van der Waals surface area (Å²) in [4.78, 5) is 14.8. The van der Waals surface area contributed by atoms with E-state index in [2.05, 4.69) is 28.4 Å². The smallest absolute Gasteiger partial charge is 0.244 e. The number of nitriles is 1. The first-order valence-corrected chi connectivity index (χ1v) is 12.0. The lowest BCUT2D eigenvalue weighted by Crippen LogP contribution is -2.37. The molecule has 1 saturated carbocycles. The summed E-state index contributed by atoms with van der Waals surface area (Å²) < 4.78 is 0. The van der Waals surface area contributed by atoms with E-state index in [1.165, 1.54) is 30.4 Å². The molecule has 0 saturated heterocycles. The third-order valence-corrected chi connectivity index (χ3v) is 7.00. The van der Waals surface area contributed by atoms with Crippen molar-refractivity contribution < 1.29 is 4.79 Å². The van der Waals surface area contributed by atoms with Gasteiger partial charge in [0.15, 0.2) is 0 Å². The Morgan fingerprint density at radius 1 is 1.03 bits per heavy atom. The molecule has 1 aliphatic carbocycles. The standard InChI is InChI=1S/C28H33N3O/c29-21-24-6-10-25-15-18-31(19-16-26(25)20-24)17-14-23-7-11-27(12-8-23)30-28(32)13-9-22-4-2-1-3-5-22/h1-6,9-10,13,20,23,27H,7-8,11-12,14-19H2,(H,30,32)/b13-9+. The topological polar surface area (TPSA) is 56.1 Å². The van der Waals surface area contributed by atoms with Crippen LogP contribution in [0.1, 0.15) is 54.4 Å². The summed E-state index contributed by atoms with van der Waals surface area (Å²) in [6, 6.07) is 18.7. The molecule has 2 aliphatic rings. The largest absolute Gasteiger partial charge is 0.350 e. The quantitative estimate of drug-likeness (QED) is 0.678. The maximum absolute atomic E-state index is 12.2. The Morgan fingerprint density at radius 2 is 1.78 bits per heavy atom. The second-order valence-electron chi connectivity index (χ2n) is 9.20. The molecule has 2 aromatic rings. The molecule has 1 aliphatic heterocycles. The van der Waals surface area contributed by atoms with Gasteiger partial charge in [-0.25, -0.2) is 0 Å². The Bertz CT molecular complexity index is 968. The van der Waals surface area contributed by atoms with Crippen LogP contribution in [0.3, 0.4) is 0 Å². The Labute approximate surface area is 191 Å². The summed E-state index contributed by atoms with van der Waals surface area (Å²) in [6.45, 7) is 3.35. The lowest BCUT2D eigenvalue weighted by Gasteiger charge is -2.30. The molecule has 4 rings (SSSR count). The van der Waals surface area contributed by atoms with Gasteiger partial charge in [0.25, 0.3) is 0 Å². The Hall–Kier alpha value is -2.90. The fraction of sp³-hybridized carbons (Fsp3) is 0.429. The van der Waals surface area contributed by atoms with Gasteiger partial charge in [0, 0.05) is 25.2 Å². The van der Waals surface area contributed by atoms with E-state index in [0.717, 1.165) is 62.4 Å². The molecular weight excluding hydrogens is 394 g/mol. The van der Waals surface area contributed by atoms with Gasteiger partial charge in [-0.2, -0.15) is 5.26 Å². The Morgan fingerprint density at radius 3 is 2.53 bits per heavy atom. The van der Waals surface area contributed by atoms with E-state index in [1.54, 1.807) is 6.08 Å². The Kier molecular flexibility index (Phi) is 7.74. The van der Waals surface area contributed by atoms with E-state index in [0.29, 0.717) is 6.04 Å². The van der Waals surface area contributed by atoms with Crippen molar-refractivity contribution in [3.8, 4) is 6.07 Å². The molecule has 1 N–H and O–H groups in total. The first-order valence-electron chi connectivity index (χ1n) is 12.0. The highest BCUT2D eigenvalue weighted by Crippen LogP contribution is 2.27. The average Bonchev–Trinajstić information content (AvgIpc) is 3.05. The van der Waals surface area contributed by atoms with Crippen LogP contribution in [-0.4, -0.2) is 36.5 Å². The van der Waals surface area contributed by atoms with Crippen LogP contribution in [-0.2, 0) is 17.6 Å². The molecule has 4 nitrogen and oxygen atoms in total. The molecule has 0 aromatic heterocycles. The maximum atomic E-state index is 12.2. The minimum absolute atomic E-state index is 0.0148. The average molecular weight is 428 g/mol. The molecule has 0 spiro atoms. The summed E-state index contributed by atoms with van der Waals surface area (Å²) in [7, 11) is 0. The van der Waals surface area contributed by atoms with Gasteiger partial charge >= 0.3 is 0 Å². The highest BCUT2D eigenvalue weighted by Gasteiger charge is 2.23. The molecule has 0 atom stereocenters. The van der Waals surface area contributed by atoms with Crippen molar-refractivity contribution in [2.45, 2.75) is 51.0 Å². The van der Waals surface area contributed by atoms with E-state index in [9.17, 15) is 4.79 Å². The minimum Gasteiger partial charge on any atom is -0.350 e. The highest BCUT2D eigenvalue weighted by atomic mass is 16.1. The highest BCUT2D eigenvalue weighted by molar-refractivity contribution is 5.91. The second-order valence-corrected chi connectivity index (χ2v) is 9.20. The van der Waals surface area contributed by atoms with Crippen molar-refractivity contribution in [2.75, 3.05) is 19.6 Å². The van der Waals surface area contributed by atoms with Crippen LogP contribution in [0.2, 0.25) is 0 Å². The molecule has 2 aromatic carbocycles. The number of hydrogen-bond acceptors (Lipinski definition) is 3. The molecule has 166 valence electrons. The summed E-state index contributed by atoms with van der Waals surface area (Å²) in [5.74, 6) is 0.778. The lowest BCUT2D eigenvalue weighted by molar-refractivity contribution is -0.117. The molecular formula is C28H33N3O. The Balaban J connectivity index is 1.16. The minimum atomic E-state index is 0.0148. The molecule has 1 heterocycles. The number of nitrogens with one attached hydrogen (secondary N) is 1. The van der Waals surface area contributed by atoms with Gasteiger partial charge in [-0.05, 0) is 92.3 Å². The number of hydrogen-bond donors (Lipinski definition) is 1. The van der Waals surface area contributed by atoms with Crippen molar-refractivity contribution in [3.63, 3.8) is 0 Å². The fourth-order valence-electron chi connectivity index (χ4n) is 5.01. The molecule has 0 bridgehead atoms. The van der Waals surface area contributed by atoms with Gasteiger partial charge in [-0.3, -0.25) is 4.79 Å². The van der Waals surface area contributed by atoms with Crippen LogP contribution in [0.5, 0.6) is 0 Å². The SMILES string of the molecule is N#Cc1ccc2c(c1)CCN(CCC1CCC(NC(=O)/C=C/c3ccccc3)CC1)CC2. The van der Waals surface area contributed by atoms with Crippen molar-refractivity contribution >= 4 is 12.0 Å². The van der Waals surface area contributed by atoms with Crippen LogP contribution < -0.4 is 5.32 Å². The van der Waals surface area contributed by atoms with E-state index >= 15 is 0 Å². The first-order chi connectivity index (χ1) is 15.7. The number of amides is 1. The predicted molar refractivity (Wildman–Crippen MR) is 129 cm³/mol. The number of rotatable bonds is 6. The monoisotopic (exact) mass is 427 g/mol. The maximum Gasteiger partial charge on any atom is 0.244 e. The number of carbonyl (C=O) groups excluding carboxylic acids is 1. The number of nitrogens with zero attached hydrogens (tertiary/aromatic N) is 2. The van der Waals surface area contributed by atoms with Crippen LogP contribution in [0.25, 0.3) is 6.08 Å². The number of benzene rings is 2. The second kappa shape index (κ2) is 11.1. The summed E-state index contributed by atoms with van der Waals surface area (Å²) in [5, 5.41) is 12.3. The summed E-state index contributed by atoms with van der Waals surface area (Å²) in [5.41, 5.74) is 4.58. The van der Waals surface area contributed by atoms with Crippen LogP contribution in [0, 0.1) is 17.2 Å². The van der Waals surface area contributed by atoms with Gasteiger partial charge in [-0.1, -0.05) is 36.4 Å². The van der Waals surface area contributed by atoms with Crippen molar-refractivity contribution in [1.29, 1.82) is 5.26 Å². The van der Waals surface area contributed by atoms with Crippen molar-refractivity contribution in [3.05, 3.63) is 76.9 Å². The van der Waals surface area contributed by atoms with E-state index in [4.69, 9.17) is 5.26 Å². The van der Waals surface area contributed by atoms with Crippen LogP contribution in [0.15, 0.2) is 54.6 Å². The zero-order valence-corrected chi connectivity index (χ0v) is 18.8. The molecule has 32 heavy (non-hydrogen) atoms. The molecule has 1 fully saturated rings. The predicted octanol–water partition coefficient (Wildman–Crippen LogP) is 4.74. The van der Waals surface area contributed by atoms with Crippen molar-refractivity contribution in [2.24, 2.45) is 5.92 Å². The van der Waals surface area contributed by atoms with E-state index in [-0.39, 0.29) is 5.91 Å². The molecule has 4 heteroatoms. The summed E-state index contributed by atoms with van der Waals surface area (Å²) in [6.07, 6.45) is 11.5. The zero-order valence-electron chi connectivity index (χ0n) is 18.8. The number of carbonyl (C=O) groups is 1. The van der Waals surface area contributed by atoms with Crippen molar-refractivity contribution in [1.82, 2.24) is 10.2 Å². The molecule has 0 radical (unpaired) electrons. The normalized spacial score (nSPS) is 21.5. The zero-order chi connectivity index (χ0) is 22.2. The van der Waals surface area contributed by atoms with Gasteiger partial charge in [0.2, 0.25) is 5.91 Å². The van der Waals surface area contributed by atoms with E-state index in [1.807, 2.05) is 42.5 Å². The van der Waals surface area contributed by atoms with Gasteiger partial charge < -0.3 is 10.2 Å². The summed E-state index contributed by atoms with van der Waals surface area (Å²) >= 11 is 0. The van der Waals surface area contributed by atoms with Gasteiger partial charge in [0.1, 0.15) is 0 Å². The first kappa shape index (κ1) is 22.3. The molecule has 1 amide bonds. The van der Waals surface area contributed by atoms with Crippen LogP contribution in [0.4, 0.5) is 0 Å².